The number of carbonyl (C=O) groups excluding carboxylic acids is 1. The zero-order valence-corrected chi connectivity index (χ0v) is 14.4. The maximum absolute atomic E-state index is 12.3. The van der Waals surface area contributed by atoms with Gasteiger partial charge in [-0.2, -0.15) is 5.26 Å². The zero-order valence-electron chi connectivity index (χ0n) is 14.4. The summed E-state index contributed by atoms with van der Waals surface area (Å²) in [5.41, 5.74) is 1.86. The number of rotatable bonds is 5. The largest absolute Gasteiger partial charge is 0.497 e. The van der Waals surface area contributed by atoms with Gasteiger partial charge in [0.1, 0.15) is 17.4 Å². The Bertz CT molecular complexity index is 1000. The van der Waals surface area contributed by atoms with Gasteiger partial charge in [0.2, 0.25) is 0 Å². The summed E-state index contributed by atoms with van der Waals surface area (Å²) in [6.45, 7) is 0.385. The maximum atomic E-state index is 12.3. The Kier molecular flexibility index (Phi) is 5.31. The quantitative estimate of drug-likeness (QED) is 0.561. The van der Waals surface area contributed by atoms with Crippen LogP contribution in [0.1, 0.15) is 11.1 Å². The SMILES string of the molecule is COc1ccc2cc(/C=C(\C#N)C(=O)NCc3ccccc3)ccc2c1. The van der Waals surface area contributed by atoms with Crippen LogP contribution < -0.4 is 10.1 Å². The van der Waals surface area contributed by atoms with Crippen molar-refractivity contribution < 1.29 is 9.53 Å². The molecule has 0 heterocycles. The topological polar surface area (TPSA) is 62.1 Å². The average molecular weight is 342 g/mol. The second-order valence-corrected chi connectivity index (χ2v) is 5.81. The normalized spacial score (nSPS) is 11.0. The minimum atomic E-state index is -0.383. The van der Waals surface area contributed by atoms with Gasteiger partial charge >= 0.3 is 0 Å². The molecule has 0 bridgehead atoms. The lowest BCUT2D eigenvalue weighted by molar-refractivity contribution is -0.117. The van der Waals surface area contributed by atoms with E-state index < -0.39 is 0 Å². The molecule has 0 radical (unpaired) electrons. The molecule has 0 aliphatic carbocycles. The fraction of sp³-hybridized carbons (Fsp3) is 0.0909. The Balaban J connectivity index is 1.78. The van der Waals surface area contributed by atoms with Crippen LogP contribution in [0.25, 0.3) is 16.8 Å². The van der Waals surface area contributed by atoms with Crippen LogP contribution in [0.4, 0.5) is 0 Å². The van der Waals surface area contributed by atoms with Gasteiger partial charge in [-0.1, -0.05) is 48.5 Å². The molecule has 0 aromatic heterocycles. The molecule has 1 N–H and O–H groups in total. The van der Waals surface area contributed by atoms with Crippen LogP contribution in [0.15, 0.2) is 72.3 Å². The molecular formula is C22H18N2O2. The van der Waals surface area contributed by atoms with E-state index in [1.165, 1.54) is 0 Å². The standard InChI is InChI=1S/C22H18N2O2/c1-26-21-10-9-18-11-17(7-8-19(18)13-21)12-20(14-23)22(25)24-15-16-5-3-2-4-6-16/h2-13H,15H2,1H3,(H,24,25)/b20-12+. The fourth-order valence-corrected chi connectivity index (χ4v) is 2.65. The van der Waals surface area contributed by atoms with Gasteiger partial charge in [0.05, 0.1) is 7.11 Å². The first kappa shape index (κ1) is 17.2. The second-order valence-electron chi connectivity index (χ2n) is 5.81. The molecule has 26 heavy (non-hydrogen) atoms. The molecule has 128 valence electrons. The zero-order chi connectivity index (χ0) is 18.4. The monoisotopic (exact) mass is 342 g/mol. The molecule has 0 saturated heterocycles. The summed E-state index contributed by atoms with van der Waals surface area (Å²) in [6, 6.07) is 23.1. The Labute approximate surface area is 152 Å². The number of hydrogen-bond acceptors (Lipinski definition) is 3. The number of benzene rings is 3. The van der Waals surface area contributed by atoms with Crippen molar-refractivity contribution in [3.63, 3.8) is 0 Å². The molecule has 0 aliphatic rings. The van der Waals surface area contributed by atoms with E-state index in [1.807, 2.05) is 72.8 Å². The highest BCUT2D eigenvalue weighted by molar-refractivity contribution is 6.02. The highest BCUT2D eigenvalue weighted by Crippen LogP contribution is 2.22. The number of amides is 1. The Morgan fingerprint density at radius 1 is 1.08 bits per heavy atom. The van der Waals surface area contributed by atoms with Crippen LogP contribution in [0.5, 0.6) is 5.75 Å². The van der Waals surface area contributed by atoms with E-state index in [1.54, 1.807) is 13.2 Å². The predicted octanol–water partition coefficient (Wildman–Crippen LogP) is 4.07. The summed E-state index contributed by atoms with van der Waals surface area (Å²) < 4.78 is 5.22. The predicted molar refractivity (Wildman–Crippen MR) is 102 cm³/mol. The summed E-state index contributed by atoms with van der Waals surface area (Å²) in [4.78, 5) is 12.3. The number of nitriles is 1. The maximum Gasteiger partial charge on any atom is 0.262 e. The molecule has 0 fully saturated rings. The average Bonchev–Trinajstić information content (AvgIpc) is 2.70. The first-order chi connectivity index (χ1) is 12.7. The fourth-order valence-electron chi connectivity index (χ4n) is 2.65. The van der Waals surface area contributed by atoms with Crippen molar-refractivity contribution in [1.82, 2.24) is 5.32 Å². The van der Waals surface area contributed by atoms with Crippen molar-refractivity contribution in [2.45, 2.75) is 6.54 Å². The van der Waals surface area contributed by atoms with E-state index in [0.29, 0.717) is 6.54 Å². The van der Waals surface area contributed by atoms with Gasteiger partial charge in [-0.3, -0.25) is 4.79 Å². The van der Waals surface area contributed by atoms with Crippen LogP contribution in [0, 0.1) is 11.3 Å². The number of nitrogens with one attached hydrogen (secondary N) is 1. The number of methoxy groups -OCH3 is 1. The van der Waals surface area contributed by atoms with Crippen molar-refractivity contribution >= 4 is 22.8 Å². The Morgan fingerprint density at radius 2 is 1.81 bits per heavy atom. The lowest BCUT2D eigenvalue weighted by Gasteiger charge is -2.06. The van der Waals surface area contributed by atoms with Gasteiger partial charge in [-0.25, -0.2) is 0 Å². The van der Waals surface area contributed by atoms with Crippen molar-refractivity contribution in [3.8, 4) is 11.8 Å². The summed E-state index contributed by atoms with van der Waals surface area (Å²) >= 11 is 0. The molecule has 3 rings (SSSR count). The van der Waals surface area contributed by atoms with Crippen molar-refractivity contribution in [2.24, 2.45) is 0 Å². The van der Waals surface area contributed by atoms with Crippen LogP contribution in [0.3, 0.4) is 0 Å². The first-order valence-corrected chi connectivity index (χ1v) is 8.21. The number of nitrogens with zero attached hydrogens (tertiary/aromatic N) is 1. The third kappa shape index (κ3) is 4.08. The molecule has 0 aliphatic heterocycles. The molecule has 0 saturated carbocycles. The Morgan fingerprint density at radius 3 is 2.54 bits per heavy atom. The summed E-state index contributed by atoms with van der Waals surface area (Å²) in [7, 11) is 1.63. The summed E-state index contributed by atoms with van der Waals surface area (Å²) in [5.74, 6) is 0.407. The van der Waals surface area contributed by atoms with E-state index in [-0.39, 0.29) is 11.5 Å². The molecule has 3 aromatic carbocycles. The van der Waals surface area contributed by atoms with Crippen molar-refractivity contribution in [1.29, 1.82) is 5.26 Å². The van der Waals surface area contributed by atoms with Gasteiger partial charge in [-0.05, 0) is 46.2 Å². The van der Waals surface area contributed by atoms with Crippen LogP contribution in [-0.4, -0.2) is 13.0 Å². The van der Waals surface area contributed by atoms with E-state index in [4.69, 9.17) is 4.74 Å². The lowest BCUT2D eigenvalue weighted by atomic mass is 10.0. The summed E-state index contributed by atoms with van der Waals surface area (Å²) in [6.07, 6.45) is 1.60. The van der Waals surface area contributed by atoms with Crippen LogP contribution in [-0.2, 0) is 11.3 Å². The minimum absolute atomic E-state index is 0.0776. The van der Waals surface area contributed by atoms with E-state index in [0.717, 1.165) is 27.6 Å². The number of hydrogen-bond donors (Lipinski definition) is 1. The van der Waals surface area contributed by atoms with Gasteiger partial charge in [0, 0.05) is 6.54 Å². The Hall–Kier alpha value is -3.58. The smallest absolute Gasteiger partial charge is 0.262 e. The van der Waals surface area contributed by atoms with Crippen molar-refractivity contribution in [3.05, 3.63) is 83.4 Å². The van der Waals surface area contributed by atoms with Gasteiger partial charge in [0.15, 0.2) is 0 Å². The van der Waals surface area contributed by atoms with E-state index >= 15 is 0 Å². The molecule has 4 nitrogen and oxygen atoms in total. The summed E-state index contributed by atoms with van der Waals surface area (Å²) in [5, 5.41) is 14.2. The highest BCUT2D eigenvalue weighted by Gasteiger charge is 2.09. The molecule has 4 heteroatoms. The second kappa shape index (κ2) is 8.00. The third-order valence-electron chi connectivity index (χ3n) is 4.04. The molecule has 0 spiro atoms. The number of fused-ring (bicyclic) bond motifs is 1. The number of ether oxygens (including phenoxy) is 1. The molecule has 0 atom stereocenters. The van der Waals surface area contributed by atoms with Gasteiger partial charge in [-0.15, -0.1) is 0 Å². The van der Waals surface area contributed by atoms with Gasteiger partial charge in [0.25, 0.3) is 5.91 Å². The van der Waals surface area contributed by atoms with Crippen molar-refractivity contribution in [2.75, 3.05) is 7.11 Å². The third-order valence-corrected chi connectivity index (χ3v) is 4.04. The van der Waals surface area contributed by atoms with Crippen LogP contribution >= 0.6 is 0 Å². The number of carbonyl (C=O) groups is 1. The highest BCUT2D eigenvalue weighted by atomic mass is 16.5. The van der Waals surface area contributed by atoms with Gasteiger partial charge < -0.3 is 10.1 Å². The lowest BCUT2D eigenvalue weighted by Crippen LogP contribution is -2.23. The van der Waals surface area contributed by atoms with Crippen LogP contribution in [0.2, 0.25) is 0 Å². The molecule has 1 amide bonds. The first-order valence-electron chi connectivity index (χ1n) is 8.21. The molecule has 3 aromatic rings. The van der Waals surface area contributed by atoms with E-state index in [9.17, 15) is 10.1 Å². The molecular weight excluding hydrogens is 324 g/mol. The molecule has 0 unspecified atom stereocenters. The minimum Gasteiger partial charge on any atom is -0.497 e. The van der Waals surface area contributed by atoms with E-state index in [2.05, 4.69) is 5.32 Å².